The van der Waals surface area contributed by atoms with E-state index in [0.29, 0.717) is 0 Å². The number of hydrogen-bond acceptors (Lipinski definition) is 1. The molecule has 0 aromatic heterocycles. The van der Waals surface area contributed by atoms with E-state index in [1.165, 1.54) is 30.4 Å². The molecular weight excluding hydrogens is 218 g/mol. The predicted molar refractivity (Wildman–Crippen MR) is 69.9 cm³/mol. The Morgan fingerprint density at radius 2 is 1.94 bits per heavy atom. The number of nitrogens with zero attached hydrogens (tertiary/aromatic N) is 1. The molecule has 2 rings (SSSR count). The van der Waals surface area contributed by atoms with E-state index in [-0.39, 0.29) is 0 Å². The van der Waals surface area contributed by atoms with Gasteiger partial charge in [-0.15, -0.1) is 11.6 Å². The first-order valence-electron chi connectivity index (χ1n) is 6.15. The van der Waals surface area contributed by atoms with Gasteiger partial charge in [0.1, 0.15) is 0 Å². The Hall–Kier alpha value is -0.530. The van der Waals surface area contributed by atoms with Gasteiger partial charge < -0.3 is 0 Å². The number of aryl methyl sites for hydroxylation is 1. The van der Waals surface area contributed by atoms with E-state index >= 15 is 0 Å². The molecule has 0 aliphatic heterocycles. The van der Waals surface area contributed by atoms with Gasteiger partial charge in [-0.3, -0.25) is 4.90 Å². The first-order chi connectivity index (χ1) is 7.79. The summed E-state index contributed by atoms with van der Waals surface area (Å²) in [4.78, 5) is 2.53. The molecule has 16 heavy (non-hydrogen) atoms. The van der Waals surface area contributed by atoms with Crippen molar-refractivity contribution >= 4 is 11.6 Å². The molecular formula is C14H20ClN. The van der Waals surface area contributed by atoms with Gasteiger partial charge in [-0.1, -0.05) is 36.2 Å². The van der Waals surface area contributed by atoms with E-state index < -0.39 is 0 Å². The van der Waals surface area contributed by atoms with Crippen molar-refractivity contribution in [2.75, 3.05) is 12.4 Å². The van der Waals surface area contributed by atoms with Crippen LogP contribution in [-0.2, 0) is 6.54 Å². The summed E-state index contributed by atoms with van der Waals surface area (Å²) in [6, 6.07) is 9.62. The van der Waals surface area contributed by atoms with Crippen LogP contribution < -0.4 is 0 Å². The van der Waals surface area contributed by atoms with Crippen LogP contribution in [-0.4, -0.2) is 23.4 Å². The molecule has 1 nitrogen and oxygen atoms in total. The van der Waals surface area contributed by atoms with Crippen LogP contribution in [0.4, 0.5) is 0 Å². The van der Waals surface area contributed by atoms with Crippen molar-refractivity contribution in [1.82, 2.24) is 4.90 Å². The summed E-state index contributed by atoms with van der Waals surface area (Å²) in [5.41, 5.74) is 2.74. The van der Waals surface area contributed by atoms with Crippen molar-refractivity contribution in [3.8, 4) is 0 Å². The number of benzene rings is 1. The van der Waals surface area contributed by atoms with E-state index in [2.05, 4.69) is 36.1 Å². The zero-order valence-corrected chi connectivity index (χ0v) is 10.7. The fourth-order valence-corrected chi connectivity index (χ4v) is 2.40. The predicted octanol–water partition coefficient (Wildman–Crippen LogP) is 3.59. The molecule has 88 valence electrons. The van der Waals surface area contributed by atoms with E-state index in [1.54, 1.807) is 0 Å². The molecule has 0 spiro atoms. The fourth-order valence-electron chi connectivity index (χ4n) is 2.18. The summed E-state index contributed by atoms with van der Waals surface area (Å²) in [6.45, 7) is 4.20. The average Bonchev–Trinajstić information content (AvgIpc) is 2.19. The third-order valence-electron chi connectivity index (χ3n) is 3.47. The van der Waals surface area contributed by atoms with Crippen LogP contribution >= 0.6 is 11.6 Å². The highest BCUT2D eigenvalue weighted by atomic mass is 35.5. The molecule has 0 unspecified atom stereocenters. The summed E-state index contributed by atoms with van der Waals surface area (Å²) in [5, 5.41) is 0. The number of alkyl halides is 1. The Bertz CT molecular complexity index is 316. The van der Waals surface area contributed by atoms with Crippen molar-refractivity contribution in [2.24, 2.45) is 0 Å². The lowest BCUT2D eigenvalue weighted by Gasteiger charge is -2.37. The molecule has 2 heteroatoms. The van der Waals surface area contributed by atoms with Crippen LogP contribution in [0.15, 0.2) is 24.3 Å². The molecule has 0 amide bonds. The lowest BCUT2D eigenvalue weighted by atomic mass is 9.91. The van der Waals surface area contributed by atoms with Gasteiger partial charge in [-0.05, 0) is 25.3 Å². The van der Waals surface area contributed by atoms with Crippen molar-refractivity contribution in [3.63, 3.8) is 0 Å². The zero-order chi connectivity index (χ0) is 11.4. The molecule has 1 saturated carbocycles. The summed E-state index contributed by atoms with van der Waals surface area (Å²) in [5.74, 6) is 0.738. The largest absolute Gasteiger partial charge is 0.295 e. The van der Waals surface area contributed by atoms with Gasteiger partial charge >= 0.3 is 0 Å². The van der Waals surface area contributed by atoms with Crippen LogP contribution in [0.2, 0.25) is 0 Å². The first-order valence-corrected chi connectivity index (χ1v) is 6.68. The molecule has 1 fully saturated rings. The highest BCUT2D eigenvalue weighted by Gasteiger charge is 2.24. The maximum Gasteiger partial charge on any atom is 0.0351 e. The number of halogens is 1. The average molecular weight is 238 g/mol. The second-order valence-corrected chi connectivity index (χ2v) is 5.11. The Morgan fingerprint density at radius 3 is 2.44 bits per heavy atom. The van der Waals surface area contributed by atoms with Crippen LogP contribution in [0.5, 0.6) is 0 Å². The van der Waals surface area contributed by atoms with Gasteiger partial charge in [-0.25, -0.2) is 0 Å². The highest BCUT2D eigenvalue weighted by molar-refractivity contribution is 6.18. The van der Waals surface area contributed by atoms with Gasteiger partial charge in [0.25, 0.3) is 0 Å². The molecule has 0 bridgehead atoms. The van der Waals surface area contributed by atoms with Crippen LogP contribution in [0.3, 0.4) is 0 Å². The topological polar surface area (TPSA) is 3.24 Å². The fraction of sp³-hybridized carbons (Fsp3) is 0.571. The summed E-state index contributed by atoms with van der Waals surface area (Å²) in [6.07, 6.45) is 4.09. The minimum atomic E-state index is 0.738. The van der Waals surface area contributed by atoms with E-state index in [4.69, 9.17) is 11.6 Å². The van der Waals surface area contributed by atoms with Gasteiger partial charge in [0, 0.05) is 25.0 Å². The third kappa shape index (κ3) is 2.99. The SMILES string of the molecule is Cc1ccc(CN(CCCl)C2CCC2)cc1. The minimum Gasteiger partial charge on any atom is -0.295 e. The smallest absolute Gasteiger partial charge is 0.0351 e. The number of hydrogen-bond donors (Lipinski definition) is 0. The molecule has 1 aliphatic rings. The quantitative estimate of drug-likeness (QED) is 0.708. The summed E-state index contributed by atoms with van der Waals surface area (Å²) in [7, 11) is 0. The molecule has 0 N–H and O–H groups in total. The molecule has 0 heterocycles. The van der Waals surface area contributed by atoms with E-state index in [1.807, 2.05) is 0 Å². The summed E-state index contributed by atoms with van der Waals surface area (Å²) >= 11 is 5.87. The Labute approximate surface area is 103 Å². The lowest BCUT2D eigenvalue weighted by molar-refractivity contribution is 0.127. The van der Waals surface area contributed by atoms with E-state index in [0.717, 1.165) is 25.0 Å². The van der Waals surface area contributed by atoms with Crippen LogP contribution in [0.1, 0.15) is 30.4 Å². The van der Waals surface area contributed by atoms with Crippen molar-refractivity contribution < 1.29 is 0 Å². The van der Waals surface area contributed by atoms with Crippen LogP contribution in [0, 0.1) is 6.92 Å². The maximum atomic E-state index is 5.87. The minimum absolute atomic E-state index is 0.738. The van der Waals surface area contributed by atoms with Gasteiger partial charge in [0.15, 0.2) is 0 Å². The Balaban J connectivity index is 1.96. The zero-order valence-electron chi connectivity index (χ0n) is 9.95. The van der Waals surface area contributed by atoms with Gasteiger partial charge in [-0.2, -0.15) is 0 Å². The maximum absolute atomic E-state index is 5.87. The van der Waals surface area contributed by atoms with Gasteiger partial charge in [0.2, 0.25) is 0 Å². The van der Waals surface area contributed by atoms with Crippen molar-refractivity contribution in [2.45, 2.75) is 38.8 Å². The summed E-state index contributed by atoms with van der Waals surface area (Å²) < 4.78 is 0. The molecule has 0 atom stereocenters. The second-order valence-electron chi connectivity index (χ2n) is 4.73. The molecule has 1 aliphatic carbocycles. The Kier molecular flexibility index (Phi) is 4.25. The third-order valence-corrected chi connectivity index (χ3v) is 3.64. The highest BCUT2D eigenvalue weighted by Crippen LogP contribution is 2.26. The van der Waals surface area contributed by atoms with Crippen molar-refractivity contribution in [1.29, 1.82) is 0 Å². The number of rotatable bonds is 5. The van der Waals surface area contributed by atoms with E-state index in [9.17, 15) is 0 Å². The Morgan fingerprint density at radius 1 is 1.25 bits per heavy atom. The second kappa shape index (κ2) is 5.70. The standard InChI is InChI=1S/C14H20ClN/c1-12-5-7-13(8-6-12)11-16(10-9-15)14-3-2-4-14/h5-8,14H,2-4,9-11H2,1H3. The van der Waals surface area contributed by atoms with Crippen LogP contribution in [0.25, 0.3) is 0 Å². The molecule has 0 radical (unpaired) electrons. The molecule has 1 aromatic rings. The normalized spacial score (nSPS) is 16.4. The van der Waals surface area contributed by atoms with Crippen molar-refractivity contribution in [3.05, 3.63) is 35.4 Å². The molecule has 0 saturated heterocycles. The first kappa shape index (κ1) is 11.9. The monoisotopic (exact) mass is 237 g/mol. The lowest BCUT2D eigenvalue weighted by Crippen LogP contribution is -2.40. The molecule has 1 aromatic carbocycles. The van der Waals surface area contributed by atoms with Gasteiger partial charge in [0.05, 0.1) is 0 Å².